The minimum Gasteiger partial charge on any atom is -0.294 e. The van der Waals surface area contributed by atoms with Gasteiger partial charge in [-0.3, -0.25) is 9.59 Å². The molecule has 178 valence electrons. The fraction of sp³-hybridized carbons (Fsp3) is 0.161. The number of hydrogen-bond acceptors (Lipinski definition) is 2. The van der Waals surface area contributed by atoms with E-state index < -0.39 is 0 Å². The lowest BCUT2D eigenvalue weighted by atomic mass is 9.93. The lowest BCUT2D eigenvalue weighted by molar-refractivity contribution is 0.0974. The van der Waals surface area contributed by atoms with Gasteiger partial charge in [0.2, 0.25) is 0 Å². The van der Waals surface area contributed by atoms with Crippen molar-refractivity contribution in [3.63, 3.8) is 0 Å². The highest BCUT2D eigenvalue weighted by atomic mass is 79.9. The van der Waals surface area contributed by atoms with Crippen LogP contribution in [0.4, 0.5) is 0 Å². The van der Waals surface area contributed by atoms with E-state index in [9.17, 15) is 9.59 Å². The number of hydrogen-bond donors (Lipinski definition) is 0. The molecule has 0 saturated carbocycles. The molecule has 2 nitrogen and oxygen atoms in total. The van der Waals surface area contributed by atoms with E-state index in [0.29, 0.717) is 6.42 Å². The molecule has 0 aromatic heterocycles. The van der Waals surface area contributed by atoms with Crippen LogP contribution in [0.5, 0.6) is 0 Å². The first-order chi connectivity index (χ1) is 17.0. The van der Waals surface area contributed by atoms with Crippen LogP contribution in [0.15, 0.2) is 109 Å². The van der Waals surface area contributed by atoms with Gasteiger partial charge in [0.05, 0.1) is 0 Å². The Morgan fingerprint density at radius 2 is 1.03 bits per heavy atom. The Bertz CT molecular complexity index is 1200. The van der Waals surface area contributed by atoms with Gasteiger partial charge in [0.15, 0.2) is 11.6 Å². The maximum Gasteiger partial charge on any atom is 0.193 e. The molecule has 0 aliphatic carbocycles. The second-order valence-electron chi connectivity index (χ2n) is 8.30. The summed E-state index contributed by atoms with van der Waals surface area (Å²) in [4.78, 5) is 24.2. The molecule has 4 rings (SSSR count). The van der Waals surface area contributed by atoms with Crippen molar-refractivity contribution in [2.75, 3.05) is 0 Å². The Morgan fingerprint density at radius 1 is 0.600 bits per heavy atom. The van der Waals surface area contributed by atoms with Crippen LogP contribution in [-0.2, 0) is 10.7 Å². The number of alkyl halides is 2. The van der Waals surface area contributed by atoms with Crippen LogP contribution < -0.4 is 0 Å². The van der Waals surface area contributed by atoms with E-state index in [1.165, 1.54) is 16.7 Å². The van der Waals surface area contributed by atoms with Crippen LogP contribution in [0, 0.1) is 0 Å². The first kappa shape index (κ1) is 26.8. The minimum absolute atomic E-state index is 0.0710. The van der Waals surface area contributed by atoms with Gasteiger partial charge < -0.3 is 0 Å². The molecular weight excluding hydrogens is 564 g/mol. The van der Waals surface area contributed by atoms with Crippen molar-refractivity contribution in [3.8, 4) is 0 Å². The topological polar surface area (TPSA) is 34.1 Å². The van der Waals surface area contributed by atoms with Crippen LogP contribution in [-0.4, -0.2) is 11.6 Å². The fourth-order valence-corrected chi connectivity index (χ4v) is 4.32. The smallest absolute Gasteiger partial charge is 0.193 e. The van der Waals surface area contributed by atoms with E-state index in [1.807, 2.05) is 84.9 Å². The first-order valence-corrected chi connectivity index (χ1v) is 13.7. The summed E-state index contributed by atoms with van der Waals surface area (Å²) in [7, 11) is 0. The average Bonchev–Trinajstić information content (AvgIpc) is 2.94. The second-order valence-corrected chi connectivity index (χ2v) is 9.42. The number of benzene rings is 4. The van der Waals surface area contributed by atoms with Crippen LogP contribution in [0.1, 0.15) is 62.2 Å². The molecule has 0 heterocycles. The van der Waals surface area contributed by atoms with E-state index in [-0.39, 0.29) is 17.5 Å². The molecule has 35 heavy (non-hydrogen) atoms. The molecule has 0 aliphatic heterocycles. The Morgan fingerprint density at radius 3 is 1.51 bits per heavy atom. The third-order valence-corrected chi connectivity index (χ3v) is 6.99. The molecule has 0 spiro atoms. The molecule has 1 atom stereocenters. The van der Waals surface area contributed by atoms with Gasteiger partial charge in [0.1, 0.15) is 0 Å². The van der Waals surface area contributed by atoms with Crippen molar-refractivity contribution < 1.29 is 9.59 Å². The second kappa shape index (κ2) is 13.9. The quantitative estimate of drug-likeness (QED) is 0.152. The number of halogens is 2. The van der Waals surface area contributed by atoms with Crippen molar-refractivity contribution in [2.45, 2.75) is 29.9 Å². The summed E-state index contributed by atoms with van der Waals surface area (Å²) < 4.78 is 0. The van der Waals surface area contributed by atoms with Crippen molar-refractivity contribution in [1.29, 1.82) is 0 Å². The van der Waals surface area contributed by atoms with Gasteiger partial charge in [-0.1, -0.05) is 148 Å². The fourth-order valence-electron chi connectivity index (χ4n) is 3.57. The molecule has 0 amide bonds. The van der Waals surface area contributed by atoms with Gasteiger partial charge in [-0.05, 0) is 22.6 Å². The van der Waals surface area contributed by atoms with Gasteiger partial charge in [-0.15, -0.1) is 0 Å². The van der Waals surface area contributed by atoms with Crippen molar-refractivity contribution in [2.24, 2.45) is 0 Å². The van der Waals surface area contributed by atoms with Crippen molar-refractivity contribution in [1.82, 2.24) is 0 Å². The van der Waals surface area contributed by atoms with Crippen molar-refractivity contribution >= 4 is 43.4 Å². The number of carbonyl (C=O) groups excluding carboxylic acids is 2. The summed E-state index contributed by atoms with van der Waals surface area (Å²) in [6.45, 7) is 2.10. The number of ketones is 2. The Kier molecular flexibility index (Phi) is 10.6. The molecule has 4 aromatic rings. The Hall–Kier alpha value is -2.82. The van der Waals surface area contributed by atoms with Gasteiger partial charge in [-0.25, -0.2) is 0 Å². The normalized spacial score (nSPS) is 11.2. The SMILES string of the molecule is CC(CC(=O)c1ccccc1)c1ccc(CBr)cc1.O=C(c1ccccc1)c1ccc(CBr)cc1. The van der Waals surface area contributed by atoms with E-state index in [0.717, 1.165) is 27.4 Å². The summed E-state index contributed by atoms with van der Waals surface area (Å²) >= 11 is 6.81. The van der Waals surface area contributed by atoms with E-state index >= 15 is 0 Å². The predicted octanol–water partition coefficient (Wildman–Crippen LogP) is 8.77. The summed E-state index contributed by atoms with van der Waals surface area (Å²) in [6, 6.07) is 34.9. The maximum atomic E-state index is 12.1. The number of Topliss-reactive ketones (excluding diaryl/α,β-unsaturated/α-hetero) is 1. The molecule has 1 unspecified atom stereocenters. The highest BCUT2D eigenvalue weighted by molar-refractivity contribution is 9.08. The molecule has 0 aliphatic rings. The van der Waals surface area contributed by atoms with Gasteiger partial charge in [-0.2, -0.15) is 0 Å². The molecule has 4 aromatic carbocycles. The predicted molar refractivity (Wildman–Crippen MR) is 152 cm³/mol. The first-order valence-electron chi connectivity index (χ1n) is 11.5. The van der Waals surface area contributed by atoms with Crippen LogP contribution in [0.25, 0.3) is 0 Å². The monoisotopic (exact) mass is 590 g/mol. The van der Waals surface area contributed by atoms with Gasteiger partial charge in [0, 0.05) is 33.8 Å². The maximum absolute atomic E-state index is 12.1. The summed E-state index contributed by atoms with van der Waals surface area (Å²) in [5, 5.41) is 1.68. The van der Waals surface area contributed by atoms with Crippen LogP contribution in [0.3, 0.4) is 0 Å². The van der Waals surface area contributed by atoms with Gasteiger partial charge >= 0.3 is 0 Å². The Labute approximate surface area is 224 Å². The molecule has 0 bridgehead atoms. The standard InChI is InChI=1S/C17H17BrO.C14H11BrO/c1-13(15-9-7-14(12-18)8-10-15)11-17(19)16-5-3-2-4-6-16;15-10-11-6-8-13(9-7-11)14(16)12-4-2-1-3-5-12/h2-10,13H,11-12H2,1H3;1-9H,10H2. The number of rotatable bonds is 8. The lowest BCUT2D eigenvalue weighted by Crippen LogP contribution is -2.05. The molecule has 0 radical (unpaired) electrons. The number of carbonyl (C=O) groups is 2. The molecule has 0 saturated heterocycles. The van der Waals surface area contributed by atoms with Gasteiger partial charge in [0.25, 0.3) is 0 Å². The molecule has 0 N–H and O–H groups in total. The zero-order valence-corrected chi connectivity index (χ0v) is 22.8. The largest absolute Gasteiger partial charge is 0.294 e. The van der Waals surface area contributed by atoms with Crippen LogP contribution >= 0.6 is 31.9 Å². The highest BCUT2D eigenvalue weighted by Gasteiger charge is 2.12. The van der Waals surface area contributed by atoms with E-state index in [2.05, 4.69) is 63.0 Å². The van der Waals surface area contributed by atoms with E-state index in [1.54, 1.807) is 0 Å². The zero-order chi connectivity index (χ0) is 25.0. The van der Waals surface area contributed by atoms with Crippen LogP contribution in [0.2, 0.25) is 0 Å². The Balaban J connectivity index is 0.000000198. The zero-order valence-electron chi connectivity index (χ0n) is 19.7. The summed E-state index contributed by atoms with van der Waals surface area (Å²) in [5.41, 5.74) is 5.90. The third-order valence-electron chi connectivity index (χ3n) is 5.70. The molecule has 0 fully saturated rings. The highest BCUT2D eigenvalue weighted by Crippen LogP contribution is 2.22. The lowest BCUT2D eigenvalue weighted by Gasteiger charge is -2.11. The van der Waals surface area contributed by atoms with Crippen molar-refractivity contribution in [3.05, 3.63) is 143 Å². The molecule has 4 heteroatoms. The molecular formula is C31H28Br2O2. The van der Waals surface area contributed by atoms with E-state index in [4.69, 9.17) is 0 Å². The third kappa shape index (κ3) is 8.12. The average molecular weight is 592 g/mol. The summed E-state index contributed by atoms with van der Waals surface area (Å²) in [5.74, 6) is 0.525. The summed E-state index contributed by atoms with van der Waals surface area (Å²) in [6.07, 6.45) is 0.553. The minimum atomic E-state index is 0.0710.